The van der Waals surface area contributed by atoms with Crippen LogP contribution >= 0.6 is 11.6 Å². The quantitative estimate of drug-likeness (QED) is 0.429. The predicted octanol–water partition coefficient (Wildman–Crippen LogP) is 4.74. The smallest absolute Gasteiger partial charge is 0.339 e. The molecule has 0 aliphatic rings. The van der Waals surface area contributed by atoms with Crippen molar-refractivity contribution in [2.45, 2.75) is 26.5 Å². The highest BCUT2D eigenvalue weighted by molar-refractivity contribution is 6.30. The topological polar surface area (TPSA) is 72.5 Å². The van der Waals surface area contributed by atoms with E-state index >= 15 is 0 Å². The number of benzene rings is 3. The van der Waals surface area contributed by atoms with Gasteiger partial charge in [-0.05, 0) is 37.6 Å². The van der Waals surface area contributed by atoms with Gasteiger partial charge in [0.1, 0.15) is 0 Å². The van der Waals surface area contributed by atoms with Gasteiger partial charge in [-0.25, -0.2) is 4.79 Å². The molecule has 0 saturated heterocycles. The van der Waals surface area contributed by atoms with E-state index in [1.54, 1.807) is 54.6 Å². The van der Waals surface area contributed by atoms with E-state index in [-0.39, 0.29) is 23.5 Å². The van der Waals surface area contributed by atoms with Crippen molar-refractivity contribution in [2.24, 2.45) is 0 Å². The third kappa shape index (κ3) is 5.80. The number of ether oxygens (including phenoxy) is 1. The molecule has 1 atom stereocenters. The van der Waals surface area contributed by atoms with Crippen LogP contribution in [0.2, 0.25) is 5.02 Å². The van der Waals surface area contributed by atoms with Crippen LogP contribution in [0.25, 0.3) is 0 Å². The Kier molecular flexibility index (Phi) is 7.21. The second kappa shape index (κ2) is 10.0. The number of ketones is 1. The lowest BCUT2D eigenvalue weighted by atomic mass is 9.98. The van der Waals surface area contributed by atoms with Gasteiger partial charge in [0.2, 0.25) is 0 Å². The summed E-state index contributed by atoms with van der Waals surface area (Å²) in [7, 11) is 0. The highest BCUT2D eigenvalue weighted by Gasteiger charge is 2.23. The van der Waals surface area contributed by atoms with Crippen LogP contribution in [0.1, 0.15) is 44.3 Å². The Labute approximate surface area is 186 Å². The number of hydrogen-bond acceptors (Lipinski definition) is 4. The molecule has 3 aromatic rings. The average molecular weight is 436 g/mol. The van der Waals surface area contributed by atoms with Crippen molar-refractivity contribution in [1.29, 1.82) is 0 Å². The third-order valence-corrected chi connectivity index (χ3v) is 4.99. The maximum Gasteiger partial charge on any atom is 0.339 e. The van der Waals surface area contributed by atoms with Crippen LogP contribution in [0.4, 0.5) is 0 Å². The number of halogens is 1. The van der Waals surface area contributed by atoms with Crippen molar-refractivity contribution < 1.29 is 19.1 Å². The molecule has 0 aliphatic heterocycles. The van der Waals surface area contributed by atoms with Crippen molar-refractivity contribution >= 4 is 29.3 Å². The van der Waals surface area contributed by atoms with Gasteiger partial charge in [0.05, 0.1) is 5.56 Å². The summed E-state index contributed by atoms with van der Waals surface area (Å²) in [4.78, 5) is 37.9. The molecule has 6 heteroatoms. The molecule has 158 valence electrons. The molecular formula is C25H22ClNO4. The summed E-state index contributed by atoms with van der Waals surface area (Å²) in [5.41, 5.74) is 2.71. The molecule has 1 N–H and O–H groups in total. The molecule has 3 aromatic carbocycles. The number of rotatable bonds is 7. The molecule has 0 aliphatic carbocycles. The first-order valence-electron chi connectivity index (χ1n) is 9.78. The van der Waals surface area contributed by atoms with E-state index in [1.165, 1.54) is 13.0 Å². The summed E-state index contributed by atoms with van der Waals surface area (Å²) < 4.78 is 5.33. The molecular weight excluding hydrogens is 414 g/mol. The molecule has 5 nitrogen and oxygen atoms in total. The maximum absolute atomic E-state index is 12.9. The summed E-state index contributed by atoms with van der Waals surface area (Å²) >= 11 is 5.85. The zero-order chi connectivity index (χ0) is 22.4. The van der Waals surface area contributed by atoms with E-state index in [9.17, 15) is 14.4 Å². The molecule has 0 fully saturated rings. The van der Waals surface area contributed by atoms with Crippen molar-refractivity contribution in [2.75, 3.05) is 0 Å². The molecule has 31 heavy (non-hydrogen) atoms. The zero-order valence-corrected chi connectivity index (χ0v) is 18.0. The van der Waals surface area contributed by atoms with Crippen LogP contribution in [-0.2, 0) is 16.1 Å². The van der Waals surface area contributed by atoms with E-state index in [1.807, 2.05) is 19.1 Å². The third-order valence-electron chi connectivity index (χ3n) is 4.74. The van der Waals surface area contributed by atoms with Crippen LogP contribution in [-0.4, -0.2) is 23.8 Å². The predicted molar refractivity (Wildman–Crippen MR) is 119 cm³/mol. The fourth-order valence-corrected chi connectivity index (χ4v) is 3.06. The van der Waals surface area contributed by atoms with Gasteiger partial charge in [0, 0.05) is 22.7 Å². The molecule has 0 saturated carbocycles. The van der Waals surface area contributed by atoms with Crippen molar-refractivity contribution in [1.82, 2.24) is 5.32 Å². The minimum Gasteiger partial charge on any atom is -0.449 e. The first-order valence-corrected chi connectivity index (χ1v) is 10.2. The van der Waals surface area contributed by atoms with Gasteiger partial charge in [-0.15, -0.1) is 0 Å². The Morgan fingerprint density at radius 2 is 1.52 bits per heavy atom. The van der Waals surface area contributed by atoms with Crippen LogP contribution in [0.3, 0.4) is 0 Å². The summed E-state index contributed by atoms with van der Waals surface area (Å²) in [5.74, 6) is -1.46. The molecule has 3 rings (SSSR count). The molecule has 0 radical (unpaired) electrons. The first-order chi connectivity index (χ1) is 14.8. The van der Waals surface area contributed by atoms with E-state index in [0.717, 1.165) is 11.1 Å². The Balaban J connectivity index is 1.67. The second-order valence-electron chi connectivity index (χ2n) is 7.13. The van der Waals surface area contributed by atoms with Gasteiger partial charge in [-0.3, -0.25) is 9.59 Å². The normalized spacial score (nSPS) is 11.5. The van der Waals surface area contributed by atoms with E-state index in [0.29, 0.717) is 10.6 Å². The fraction of sp³-hybridized carbons (Fsp3) is 0.160. The first kappa shape index (κ1) is 22.2. The number of hydrogen-bond donors (Lipinski definition) is 1. The molecule has 0 spiro atoms. The summed E-state index contributed by atoms with van der Waals surface area (Å²) in [6.45, 7) is 3.69. The lowest BCUT2D eigenvalue weighted by Gasteiger charge is -2.15. The summed E-state index contributed by atoms with van der Waals surface area (Å²) in [6, 6.07) is 20.6. The van der Waals surface area contributed by atoms with Crippen molar-refractivity contribution in [3.63, 3.8) is 0 Å². The van der Waals surface area contributed by atoms with Crippen molar-refractivity contribution in [3.05, 3.63) is 106 Å². The summed E-state index contributed by atoms with van der Waals surface area (Å²) in [6.07, 6.45) is -1.03. The monoisotopic (exact) mass is 435 g/mol. The fourth-order valence-electron chi connectivity index (χ4n) is 2.93. The highest BCUT2D eigenvalue weighted by Crippen LogP contribution is 2.17. The Morgan fingerprint density at radius 3 is 2.16 bits per heavy atom. The standard InChI is InChI=1S/C25H22ClNO4/c1-16-7-11-19(12-8-16)23(28)21-5-3-4-6-22(21)25(30)31-17(2)24(29)27-15-18-9-13-20(26)14-10-18/h3-14,17H,15H2,1-2H3,(H,27,29). The van der Waals surface area contributed by atoms with Crippen LogP contribution < -0.4 is 5.32 Å². The number of aryl methyl sites for hydroxylation is 1. The van der Waals surface area contributed by atoms with Gasteiger partial charge in [-0.1, -0.05) is 71.8 Å². The van der Waals surface area contributed by atoms with Crippen LogP contribution in [0.15, 0.2) is 72.8 Å². The largest absolute Gasteiger partial charge is 0.449 e. The van der Waals surface area contributed by atoms with E-state index in [4.69, 9.17) is 16.3 Å². The van der Waals surface area contributed by atoms with Gasteiger partial charge >= 0.3 is 5.97 Å². The van der Waals surface area contributed by atoms with Gasteiger partial charge in [0.25, 0.3) is 5.91 Å². The molecule has 0 aromatic heterocycles. The highest BCUT2D eigenvalue weighted by atomic mass is 35.5. The Hall–Kier alpha value is -3.44. The molecule has 1 unspecified atom stereocenters. The number of esters is 1. The molecule has 0 bridgehead atoms. The van der Waals surface area contributed by atoms with E-state index in [2.05, 4.69) is 5.32 Å². The van der Waals surface area contributed by atoms with Crippen molar-refractivity contribution in [3.8, 4) is 0 Å². The summed E-state index contributed by atoms with van der Waals surface area (Å²) in [5, 5.41) is 3.32. The van der Waals surface area contributed by atoms with Gasteiger partial charge in [-0.2, -0.15) is 0 Å². The lowest BCUT2D eigenvalue weighted by molar-refractivity contribution is -0.129. The van der Waals surface area contributed by atoms with E-state index < -0.39 is 18.0 Å². The average Bonchev–Trinajstić information content (AvgIpc) is 2.78. The minimum absolute atomic E-state index is 0.116. The maximum atomic E-state index is 12.9. The Bertz CT molecular complexity index is 1090. The number of nitrogens with one attached hydrogen (secondary N) is 1. The van der Waals surface area contributed by atoms with Crippen LogP contribution in [0.5, 0.6) is 0 Å². The van der Waals surface area contributed by atoms with Crippen LogP contribution in [0, 0.1) is 6.92 Å². The molecule has 0 heterocycles. The number of amides is 1. The number of carbonyl (C=O) groups excluding carboxylic acids is 3. The second-order valence-corrected chi connectivity index (χ2v) is 7.57. The van der Waals surface area contributed by atoms with Gasteiger partial charge in [0.15, 0.2) is 11.9 Å². The zero-order valence-electron chi connectivity index (χ0n) is 17.2. The lowest BCUT2D eigenvalue weighted by Crippen LogP contribution is -2.35. The minimum atomic E-state index is -1.03. The molecule has 1 amide bonds. The Morgan fingerprint density at radius 1 is 0.903 bits per heavy atom. The van der Waals surface area contributed by atoms with Gasteiger partial charge < -0.3 is 10.1 Å². The number of carbonyl (C=O) groups is 3. The SMILES string of the molecule is Cc1ccc(C(=O)c2ccccc2C(=O)OC(C)C(=O)NCc2ccc(Cl)cc2)cc1.